The van der Waals surface area contributed by atoms with Gasteiger partial charge in [0.25, 0.3) is 0 Å². The zero-order valence-electron chi connectivity index (χ0n) is 8.77. The van der Waals surface area contributed by atoms with E-state index >= 15 is 0 Å². The third kappa shape index (κ3) is 3.00. The van der Waals surface area contributed by atoms with Crippen LogP contribution in [0.15, 0.2) is 11.6 Å². The molecule has 12 heavy (non-hydrogen) atoms. The van der Waals surface area contributed by atoms with E-state index < -0.39 is 0 Å². The van der Waals surface area contributed by atoms with Crippen molar-refractivity contribution >= 4 is 0 Å². The molecule has 0 amide bonds. The molecule has 1 fully saturated rings. The van der Waals surface area contributed by atoms with E-state index in [9.17, 15) is 0 Å². The quantitative estimate of drug-likeness (QED) is 0.538. The molecule has 1 aliphatic rings. The molecule has 1 rings (SSSR count). The minimum Gasteiger partial charge on any atom is -0.0856 e. The van der Waals surface area contributed by atoms with Crippen molar-refractivity contribution in [2.75, 3.05) is 0 Å². The van der Waals surface area contributed by atoms with E-state index in [2.05, 4.69) is 26.8 Å². The molecule has 0 aliphatic heterocycles. The molecule has 0 aromatic carbocycles. The number of hydrogen-bond acceptors (Lipinski definition) is 0. The Balaban J connectivity index is 2.15. The average Bonchev–Trinajstić information content (AvgIpc) is 2.80. The van der Waals surface area contributed by atoms with Gasteiger partial charge in [-0.3, -0.25) is 0 Å². The summed E-state index contributed by atoms with van der Waals surface area (Å²) in [5.41, 5.74) is 1.62. The number of unbranched alkanes of at least 4 members (excludes halogenated alkanes) is 1. The Labute approximate surface area is 77.1 Å². The molecule has 0 N–H and O–H groups in total. The lowest BCUT2D eigenvalue weighted by Gasteiger charge is -1.99. The molecule has 2 atom stereocenters. The van der Waals surface area contributed by atoms with Gasteiger partial charge in [-0.1, -0.05) is 38.3 Å². The van der Waals surface area contributed by atoms with Gasteiger partial charge in [0, 0.05) is 0 Å². The molecular formula is C12H22. The van der Waals surface area contributed by atoms with Crippen LogP contribution < -0.4 is 0 Å². The standard InChI is InChI=1S/C12H22/c1-4-6-7-10(3)8-12-9-11(12)5-2/h7,11-12H,4-6,8-9H2,1-3H3. The molecule has 0 radical (unpaired) electrons. The fourth-order valence-electron chi connectivity index (χ4n) is 1.95. The maximum atomic E-state index is 2.42. The molecule has 0 saturated heterocycles. The van der Waals surface area contributed by atoms with Gasteiger partial charge in [0.2, 0.25) is 0 Å². The maximum absolute atomic E-state index is 2.42. The fraction of sp³-hybridized carbons (Fsp3) is 0.833. The Hall–Kier alpha value is -0.260. The van der Waals surface area contributed by atoms with Gasteiger partial charge in [-0.15, -0.1) is 0 Å². The first-order valence-electron chi connectivity index (χ1n) is 5.43. The molecule has 1 saturated carbocycles. The third-order valence-corrected chi connectivity index (χ3v) is 2.96. The van der Waals surface area contributed by atoms with Gasteiger partial charge in [-0.25, -0.2) is 0 Å². The SMILES string of the molecule is CCCC=C(C)CC1CC1CC. The highest BCUT2D eigenvalue weighted by molar-refractivity contribution is 5.03. The van der Waals surface area contributed by atoms with Crippen molar-refractivity contribution in [1.29, 1.82) is 0 Å². The summed E-state index contributed by atoms with van der Waals surface area (Å²) in [6, 6.07) is 0. The first-order valence-corrected chi connectivity index (χ1v) is 5.43. The molecule has 0 heteroatoms. The molecule has 70 valence electrons. The lowest BCUT2D eigenvalue weighted by Crippen LogP contribution is -1.83. The summed E-state index contributed by atoms with van der Waals surface area (Å²) < 4.78 is 0. The van der Waals surface area contributed by atoms with Gasteiger partial charge >= 0.3 is 0 Å². The lowest BCUT2D eigenvalue weighted by molar-refractivity contribution is 0.672. The first-order chi connectivity index (χ1) is 5.77. The van der Waals surface area contributed by atoms with Crippen molar-refractivity contribution in [3.63, 3.8) is 0 Å². The molecule has 1 aliphatic carbocycles. The highest BCUT2D eigenvalue weighted by Gasteiger charge is 2.34. The fourth-order valence-corrected chi connectivity index (χ4v) is 1.95. The van der Waals surface area contributed by atoms with E-state index in [1.807, 2.05) is 0 Å². The number of hydrogen-bond donors (Lipinski definition) is 0. The van der Waals surface area contributed by atoms with Gasteiger partial charge < -0.3 is 0 Å². The van der Waals surface area contributed by atoms with Crippen molar-refractivity contribution in [3.8, 4) is 0 Å². The Morgan fingerprint density at radius 2 is 2.08 bits per heavy atom. The van der Waals surface area contributed by atoms with Crippen LogP contribution in [0.5, 0.6) is 0 Å². The maximum Gasteiger partial charge on any atom is -0.0292 e. The minimum atomic E-state index is 1.04. The topological polar surface area (TPSA) is 0 Å². The van der Waals surface area contributed by atoms with Crippen molar-refractivity contribution in [2.24, 2.45) is 11.8 Å². The molecule has 0 aromatic rings. The zero-order chi connectivity index (χ0) is 8.97. The van der Waals surface area contributed by atoms with E-state index in [1.54, 1.807) is 5.57 Å². The van der Waals surface area contributed by atoms with E-state index in [4.69, 9.17) is 0 Å². The van der Waals surface area contributed by atoms with Crippen LogP contribution in [0.25, 0.3) is 0 Å². The normalized spacial score (nSPS) is 29.1. The predicted octanol–water partition coefficient (Wildman–Crippen LogP) is 4.17. The van der Waals surface area contributed by atoms with Crippen LogP contribution >= 0.6 is 0 Å². The van der Waals surface area contributed by atoms with Crippen molar-refractivity contribution < 1.29 is 0 Å². The zero-order valence-corrected chi connectivity index (χ0v) is 8.77. The third-order valence-electron chi connectivity index (χ3n) is 2.96. The van der Waals surface area contributed by atoms with Gasteiger partial charge in [-0.05, 0) is 38.0 Å². The predicted molar refractivity (Wildman–Crippen MR) is 55.2 cm³/mol. The van der Waals surface area contributed by atoms with Crippen LogP contribution in [0.3, 0.4) is 0 Å². The van der Waals surface area contributed by atoms with Crippen LogP contribution in [0, 0.1) is 11.8 Å². The van der Waals surface area contributed by atoms with Crippen LogP contribution in [0.1, 0.15) is 52.9 Å². The van der Waals surface area contributed by atoms with Crippen LogP contribution in [0.4, 0.5) is 0 Å². The van der Waals surface area contributed by atoms with E-state index in [1.165, 1.54) is 32.1 Å². The van der Waals surface area contributed by atoms with E-state index in [0.717, 1.165) is 11.8 Å². The average molecular weight is 166 g/mol. The second kappa shape index (κ2) is 4.69. The largest absolute Gasteiger partial charge is 0.0856 e. The molecule has 0 bridgehead atoms. The number of allylic oxidation sites excluding steroid dienone is 2. The summed E-state index contributed by atoms with van der Waals surface area (Å²) >= 11 is 0. The van der Waals surface area contributed by atoms with Crippen LogP contribution in [-0.4, -0.2) is 0 Å². The number of rotatable bonds is 5. The lowest BCUT2D eigenvalue weighted by atomic mass is 10.1. The van der Waals surface area contributed by atoms with E-state index in [0.29, 0.717) is 0 Å². The van der Waals surface area contributed by atoms with Crippen molar-refractivity contribution in [3.05, 3.63) is 11.6 Å². The van der Waals surface area contributed by atoms with Gasteiger partial charge in [-0.2, -0.15) is 0 Å². The van der Waals surface area contributed by atoms with Gasteiger partial charge in [0.05, 0.1) is 0 Å². The smallest absolute Gasteiger partial charge is 0.0292 e. The molecule has 0 aromatic heterocycles. The summed E-state index contributed by atoms with van der Waals surface area (Å²) in [5.74, 6) is 2.11. The Kier molecular flexibility index (Phi) is 3.84. The van der Waals surface area contributed by atoms with Crippen molar-refractivity contribution in [2.45, 2.75) is 52.9 Å². The van der Waals surface area contributed by atoms with E-state index in [-0.39, 0.29) is 0 Å². The molecule has 0 heterocycles. The Bertz CT molecular complexity index is 155. The highest BCUT2D eigenvalue weighted by Crippen LogP contribution is 2.45. The highest BCUT2D eigenvalue weighted by atomic mass is 14.4. The summed E-state index contributed by atoms with van der Waals surface area (Å²) in [6.07, 6.45) is 9.25. The molecule has 0 nitrogen and oxygen atoms in total. The monoisotopic (exact) mass is 166 g/mol. The van der Waals surface area contributed by atoms with Gasteiger partial charge in [0.1, 0.15) is 0 Å². The van der Waals surface area contributed by atoms with Gasteiger partial charge in [0.15, 0.2) is 0 Å². The first kappa shape index (κ1) is 9.83. The summed E-state index contributed by atoms with van der Waals surface area (Å²) in [5, 5.41) is 0. The molecule has 2 unspecified atom stereocenters. The van der Waals surface area contributed by atoms with Crippen LogP contribution in [0.2, 0.25) is 0 Å². The summed E-state index contributed by atoms with van der Waals surface area (Å²) in [4.78, 5) is 0. The Morgan fingerprint density at radius 1 is 1.33 bits per heavy atom. The van der Waals surface area contributed by atoms with Crippen LogP contribution in [-0.2, 0) is 0 Å². The second-order valence-electron chi connectivity index (χ2n) is 4.21. The minimum absolute atomic E-state index is 1.04. The second-order valence-corrected chi connectivity index (χ2v) is 4.21. The molecule has 0 spiro atoms. The van der Waals surface area contributed by atoms with Crippen molar-refractivity contribution in [1.82, 2.24) is 0 Å². The Morgan fingerprint density at radius 3 is 2.58 bits per heavy atom. The summed E-state index contributed by atoms with van der Waals surface area (Å²) in [6.45, 7) is 6.85. The molecular weight excluding hydrogens is 144 g/mol. The summed E-state index contributed by atoms with van der Waals surface area (Å²) in [7, 11) is 0.